The Morgan fingerprint density at radius 2 is 1.86 bits per heavy atom. The summed E-state index contributed by atoms with van der Waals surface area (Å²) in [6.07, 6.45) is 0. The van der Waals surface area contributed by atoms with Gasteiger partial charge in [-0.05, 0) is 38.5 Å². The molecule has 0 bridgehead atoms. The molecule has 7 nitrogen and oxygen atoms in total. The minimum Gasteiger partial charge on any atom is -0.478 e. The molecular weight excluding hydrogens is 298 g/mol. The van der Waals surface area contributed by atoms with Crippen molar-refractivity contribution in [1.29, 1.82) is 0 Å². The van der Waals surface area contributed by atoms with Crippen molar-refractivity contribution in [2.45, 2.75) is 31.2 Å². The lowest BCUT2D eigenvalue weighted by atomic mass is 10.1. The second-order valence-corrected chi connectivity index (χ2v) is 6.69. The summed E-state index contributed by atoms with van der Waals surface area (Å²) in [7, 11) is -2.91. The maximum atomic E-state index is 12.2. The highest BCUT2D eigenvalue weighted by atomic mass is 32.2. The Hall–Kier alpha value is -1.93. The van der Waals surface area contributed by atoms with E-state index >= 15 is 0 Å². The minimum atomic E-state index is -4.06. The first-order valence-corrected chi connectivity index (χ1v) is 7.46. The summed E-state index contributed by atoms with van der Waals surface area (Å²) in [6.45, 7) is 4.26. The molecule has 0 heterocycles. The summed E-state index contributed by atoms with van der Waals surface area (Å²) in [4.78, 5) is 22.3. The van der Waals surface area contributed by atoms with Crippen molar-refractivity contribution in [2.75, 3.05) is 7.11 Å². The molecule has 1 rings (SSSR count). The van der Waals surface area contributed by atoms with Crippen LogP contribution in [0.1, 0.15) is 29.8 Å². The van der Waals surface area contributed by atoms with E-state index in [1.165, 1.54) is 26.0 Å². The molecule has 2 N–H and O–H groups in total. The van der Waals surface area contributed by atoms with Crippen LogP contribution in [0.15, 0.2) is 23.1 Å². The van der Waals surface area contributed by atoms with Gasteiger partial charge in [-0.3, -0.25) is 4.79 Å². The van der Waals surface area contributed by atoms with E-state index in [1.807, 2.05) is 0 Å². The summed E-state index contributed by atoms with van der Waals surface area (Å²) in [5.74, 6) is -1.98. The number of aryl methyl sites for hydroxylation is 1. The first-order valence-electron chi connectivity index (χ1n) is 5.97. The van der Waals surface area contributed by atoms with Gasteiger partial charge in [0.05, 0.1) is 17.6 Å². The molecule has 0 saturated heterocycles. The van der Waals surface area contributed by atoms with Gasteiger partial charge in [-0.25, -0.2) is 13.2 Å². The van der Waals surface area contributed by atoms with Crippen molar-refractivity contribution < 1.29 is 27.9 Å². The molecule has 21 heavy (non-hydrogen) atoms. The van der Waals surface area contributed by atoms with Crippen molar-refractivity contribution in [1.82, 2.24) is 4.72 Å². The molecule has 0 atom stereocenters. The average Bonchev–Trinajstić information content (AvgIpc) is 2.36. The zero-order chi connectivity index (χ0) is 16.4. The maximum absolute atomic E-state index is 12.2. The fraction of sp³-hybridized carbons (Fsp3) is 0.385. The molecule has 0 aliphatic heterocycles. The van der Waals surface area contributed by atoms with E-state index in [-0.39, 0.29) is 10.5 Å². The summed E-state index contributed by atoms with van der Waals surface area (Å²) < 4.78 is 31.2. The molecule has 0 fully saturated rings. The lowest BCUT2D eigenvalue weighted by Crippen LogP contribution is -2.50. The van der Waals surface area contributed by atoms with Gasteiger partial charge in [0.25, 0.3) is 0 Å². The molecule has 0 aromatic heterocycles. The predicted molar refractivity (Wildman–Crippen MR) is 74.6 cm³/mol. The summed E-state index contributed by atoms with van der Waals surface area (Å²) >= 11 is 0. The van der Waals surface area contributed by atoms with E-state index in [1.54, 1.807) is 6.92 Å². The van der Waals surface area contributed by atoms with Gasteiger partial charge in [0.1, 0.15) is 5.54 Å². The molecule has 8 heteroatoms. The molecule has 1 aromatic carbocycles. The van der Waals surface area contributed by atoms with E-state index in [0.29, 0.717) is 5.56 Å². The molecule has 116 valence electrons. The molecule has 0 aliphatic rings. The van der Waals surface area contributed by atoms with E-state index < -0.39 is 27.5 Å². The van der Waals surface area contributed by atoms with E-state index in [4.69, 9.17) is 5.11 Å². The van der Waals surface area contributed by atoms with Crippen molar-refractivity contribution in [3.05, 3.63) is 29.3 Å². The maximum Gasteiger partial charge on any atom is 0.335 e. The fourth-order valence-corrected chi connectivity index (χ4v) is 3.08. The third-order valence-corrected chi connectivity index (χ3v) is 4.49. The zero-order valence-electron chi connectivity index (χ0n) is 12.1. The average molecular weight is 315 g/mol. The number of aromatic carboxylic acids is 1. The lowest BCUT2D eigenvalue weighted by molar-refractivity contribution is -0.146. The minimum absolute atomic E-state index is 0.117. The Bertz CT molecular complexity index is 678. The number of carboxylic acids is 1. The Kier molecular flexibility index (Phi) is 4.75. The highest BCUT2D eigenvalue weighted by Crippen LogP contribution is 2.18. The number of carbonyl (C=O) groups is 2. The van der Waals surface area contributed by atoms with Crippen LogP contribution < -0.4 is 4.72 Å². The van der Waals surface area contributed by atoms with Crippen LogP contribution in [0.2, 0.25) is 0 Å². The van der Waals surface area contributed by atoms with E-state index in [0.717, 1.165) is 13.2 Å². The standard InChI is InChI=1S/C13H17NO6S/c1-8-5-6-9(7-10(8)11(15)16)21(18,19)14-13(2,3)12(17)20-4/h5-7,14H,1-4H3,(H,15,16). The van der Waals surface area contributed by atoms with Gasteiger partial charge in [0.15, 0.2) is 0 Å². The van der Waals surface area contributed by atoms with Crippen LogP contribution in [0.3, 0.4) is 0 Å². The monoisotopic (exact) mass is 315 g/mol. The van der Waals surface area contributed by atoms with Gasteiger partial charge in [-0.15, -0.1) is 0 Å². The van der Waals surface area contributed by atoms with Crippen molar-refractivity contribution >= 4 is 22.0 Å². The third-order valence-electron chi connectivity index (χ3n) is 2.83. The van der Waals surface area contributed by atoms with E-state index in [9.17, 15) is 18.0 Å². The van der Waals surface area contributed by atoms with Crippen LogP contribution in [0.4, 0.5) is 0 Å². The fourth-order valence-electron chi connectivity index (χ4n) is 1.69. The number of sulfonamides is 1. The summed E-state index contributed by atoms with van der Waals surface area (Å²) in [6, 6.07) is 3.72. The number of carboxylic acid groups (broad SMARTS) is 1. The molecule has 1 aromatic rings. The van der Waals surface area contributed by atoms with Gasteiger partial charge >= 0.3 is 11.9 Å². The molecule has 0 radical (unpaired) electrons. The SMILES string of the molecule is COC(=O)C(C)(C)NS(=O)(=O)c1ccc(C)c(C(=O)O)c1. The second-order valence-electron chi connectivity index (χ2n) is 5.00. The number of benzene rings is 1. The van der Waals surface area contributed by atoms with Crippen LogP contribution in [0, 0.1) is 6.92 Å². The van der Waals surface area contributed by atoms with Gasteiger partial charge in [-0.1, -0.05) is 6.07 Å². The topological polar surface area (TPSA) is 110 Å². The molecule has 0 aliphatic carbocycles. The number of rotatable bonds is 5. The van der Waals surface area contributed by atoms with Crippen molar-refractivity contribution in [3.8, 4) is 0 Å². The second kappa shape index (κ2) is 5.82. The Morgan fingerprint density at radius 1 is 1.29 bits per heavy atom. The quantitative estimate of drug-likeness (QED) is 0.782. The summed E-state index contributed by atoms with van der Waals surface area (Å²) in [5.41, 5.74) is -1.15. The number of hydrogen-bond donors (Lipinski definition) is 2. The van der Waals surface area contributed by atoms with Crippen LogP contribution in [-0.2, 0) is 19.6 Å². The highest BCUT2D eigenvalue weighted by Gasteiger charge is 2.34. The largest absolute Gasteiger partial charge is 0.478 e. The number of ether oxygens (including phenoxy) is 1. The Labute approximate surface area is 123 Å². The van der Waals surface area contributed by atoms with Crippen molar-refractivity contribution in [2.24, 2.45) is 0 Å². The first kappa shape index (κ1) is 17.1. The number of esters is 1. The highest BCUT2D eigenvalue weighted by molar-refractivity contribution is 7.89. The number of methoxy groups -OCH3 is 1. The van der Waals surface area contributed by atoms with Gasteiger partial charge in [0.2, 0.25) is 10.0 Å². The lowest BCUT2D eigenvalue weighted by Gasteiger charge is -2.23. The number of nitrogens with one attached hydrogen (secondary N) is 1. The van der Waals surface area contributed by atoms with E-state index in [2.05, 4.69) is 9.46 Å². The molecule has 0 amide bonds. The number of carbonyl (C=O) groups excluding carboxylic acids is 1. The third kappa shape index (κ3) is 3.79. The summed E-state index contributed by atoms with van der Waals surface area (Å²) in [5, 5.41) is 9.03. The van der Waals surface area contributed by atoms with Gasteiger partial charge in [-0.2, -0.15) is 4.72 Å². The molecule has 0 spiro atoms. The Morgan fingerprint density at radius 3 is 2.33 bits per heavy atom. The smallest absolute Gasteiger partial charge is 0.335 e. The van der Waals surface area contributed by atoms with Crippen LogP contribution >= 0.6 is 0 Å². The predicted octanol–water partition coefficient (Wildman–Crippen LogP) is 0.923. The zero-order valence-corrected chi connectivity index (χ0v) is 12.9. The van der Waals surface area contributed by atoms with Crippen LogP contribution in [0.5, 0.6) is 0 Å². The molecule has 0 unspecified atom stereocenters. The molecular formula is C13H17NO6S. The number of hydrogen-bond acceptors (Lipinski definition) is 5. The Balaban J connectivity index is 3.24. The van der Waals surface area contributed by atoms with Crippen LogP contribution in [-0.4, -0.2) is 38.1 Å². The first-order chi connectivity index (χ1) is 9.51. The van der Waals surface area contributed by atoms with Crippen molar-refractivity contribution in [3.63, 3.8) is 0 Å². The molecule has 0 saturated carbocycles. The normalized spacial score (nSPS) is 12.0. The van der Waals surface area contributed by atoms with Crippen LogP contribution in [0.25, 0.3) is 0 Å². The van der Waals surface area contributed by atoms with Gasteiger partial charge in [0, 0.05) is 0 Å². The van der Waals surface area contributed by atoms with Gasteiger partial charge < -0.3 is 9.84 Å².